The molecule has 0 aliphatic heterocycles. The third kappa shape index (κ3) is 6.01. The van der Waals surface area contributed by atoms with Gasteiger partial charge in [-0.15, -0.1) is 0 Å². The zero-order valence-electron chi connectivity index (χ0n) is 8.45. The van der Waals surface area contributed by atoms with Gasteiger partial charge in [-0.3, -0.25) is 0 Å². The molecule has 0 heterocycles. The van der Waals surface area contributed by atoms with E-state index in [9.17, 15) is 4.79 Å². The van der Waals surface area contributed by atoms with Crippen LogP contribution in [0.1, 0.15) is 26.2 Å². The number of rotatable bonds is 6. The van der Waals surface area contributed by atoms with E-state index in [1.807, 2.05) is 13.0 Å². The lowest BCUT2D eigenvalue weighted by Gasteiger charge is -2.03. The van der Waals surface area contributed by atoms with Gasteiger partial charge >= 0.3 is 5.97 Å². The van der Waals surface area contributed by atoms with Crippen LogP contribution in [0.15, 0.2) is 24.3 Å². The summed E-state index contributed by atoms with van der Waals surface area (Å²) in [6, 6.07) is 1.84. The molecule has 0 bridgehead atoms. The van der Waals surface area contributed by atoms with Gasteiger partial charge in [0.25, 0.3) is 0 Å². The van der Waals surface area contributed by atoms with Crippen LogP contribution in [0.2, 0.25) is 0 Å². The number of carbonyl (C=O) groups excluding carboxylic acids is 1. The zero-order chi connectivity index (χ0) is 10.8. The smallest absolute Gasteiger partial charge is 0.333 e. The van der Waals surface area contributed by atoms with Gasteiger partial charge < -0.3 is 4.74 Å². The second kappa shape index (κ2) is 8.06. The van der Waals surface area contributed by atoms with Crippen LogP contribution >= 0.6 is 0 Å². The molecule has 0 amide bonds. The number of hydrogen-bond donors (Lipinski definition) is 0. The van der Waals surface area contributed by atoms with Gasteiger partial charge in [0.05, 0.1) is 12.7 Å². The number of hydrogen-bond acceptors (Lipinski definition) is 3. The number of nitrogens with zero attached hydrogens (tertiary/aromatic N) is 1. The van der Waals surface area contributed by atoms with Gasteiger partial charge in [-0.2, -0.15) is 5.26 Å². The molecule has 0 aliphatic rings. The van der Waals surface area contributed by atoms with Crippen molar-refractivity contribution in [2.75, 3.05) is 6.61 Å². The Morgan fingerprint density at radius 1 is 1.64 bits per heavy atom. The maximum absolute atomic E-state index is 11.2. The van der Waals surface area contributed by atoms with Crippen molar-refractivity contribution in [1.82, 2.24) is 0 Å². The highest BCUT2D eigenvalue weighted by Gasteiger charge is 2.05. The van der Waals surface area contributed by atoms with E-state index in [2.05, 4.69) is 6.58 Å². The van der Waals surface area contributed by atoms with Gasteiger partial charge in [-0.1, -0.05) is 26.0 Å². The quantitative estimate of drug-likeness (QED) is 0.281. The first-order chi connectivity index (χ1) is 6.72. The minimum Gasteiger partial charge on any atom is -0.462 e. The minimum atomic E-state index is -0.374. The fourth-order valence-electron chi connectivity index (χ4n) is 0.748. The van der Waals surface area contributed by atoms with E-state index in [0.29, 0.717) is 18.6 Å². The van der Waals surface area contributed by atoms with Crippen molar-refractivity contribution in [2.24, 2.45) is 0 Å². The SMILES string of the molecule is C=C(CC=CC#N)C(=O)OCCCC. The van der Waals surface area contributed by atoms with Crippen molar-refractivity contribution in [3.8, 4) is 6.07 Å². The molecule has 0 aromatic carbocycles. The molecule has 14 heavy (non-hydrogen) atoms. The van der Waals surface area contributed by atoms with Crippen molar-refractivity contribution in [1.29, 1.82) is 5.26 Å². The van der Waals surface area contributed by atoms with E-state index in [-0.39, 0.29) is 5.97 Å². The summed E-state index contributed by atoms with van der Waals surface area (Å²) in [5.41, 5.74) is 0.382. The molecule has 0 N–H and O–H groups in total. The summed E-state index contributed by atoms with van der Waals surface area (Å²) in [5, 5.41) is 8.21. The predicted octanol–water partition coefficient (Wildman–Crippen LogP) is 2.36. The van der Waals surface area contributed by atoms with Gasteiger partial charge in [-0.05, 0) is 12.8 Å². The topological polar surface area (TPSA) is 50.1 Å². The van der Waals surface area contributed by atoms with Crippen LogP contribution in [0.25, 0.3) is 0 Å². The Morgan fingerprint density at radius 3 is 2.93 bits per heavy atom. The molecule has 0 saturated carbocycles. The van der Waals surface area contributed by atoms with E-state index < -0.39 is 0 Å². The molecule has 0 aromatic rings. The summed E-state index contributed by atoms with van der Waals surface area (Å²) in [6.45, 7) is 6.04. The van der Waals surface area contributed by atoms with E-state index in [1.54, 1.807) is 6.08 Å². The summed E-state index contributed by atoms with van der Waals surface area (Å²) in [4.78, 5) is 11.2. The molecule has 0 atom stereocenters. The highest BCUT2D eigenvalue weighted by Crippen LogP contribution is 2.02. The number of unbranched alkanes of at least 4 members (excludes halogenated alkanes) is 1. The molecule has 0 aromatic heterocycles. The third-order valence-electron chi connectivity index (χ3n) is 1.58. The van der Waals surface area contributed by atoms with E-state index in [4.69, 9.17) is 10.00 Å². The Morgan fingerprint density at radius 2 is 2.36 bits per heavy atom. The summed E-state index contributed by atoms with van der Waals surface area (Å²) >= 11 is 0. The normalized spacial score (nSPS) is 9.71. The van der Waals surface area contributed by atoms with Crippen molar-refractivity contribution < 1.29 is 9.53 Å². The fourth-order valence-corrected chi connectivity index (χ4v) is 0.748. The van der Waals surface area contributed by atoms with Crippen LogP contribution in [0, 0.1) is 11.3 Å². The summed E-state index contributed by atoms with van der Waals surface area (Å²) < 4.78 is 4.92. The van der Waals surface area contributed by atoms with Gasteiger partial charge in [0.2, 0.25) is 0 Å². The Kier molecular flexibility index (Phi) is 7.16. The third-order valence-corrected chi connectivity index (χ3v) is 1.58. The first-order valence-corrected chi connectivity index (χ1v) is 4.62. The van der Waals surface area contributed by atoms with Crippen molar-refractivity contribution in [3.63, 3.8) is 0 Å². The monoisotopic (exact) mass is 193 g/mol. The maximum Gasteiger partial charge on any atom is 0.333 e. The fraction of sp³-hybridized carbons (Fsp3) is 0.455. The summed E-state index contributed by atoms with van der Waals surface area (Å²) in [5.74, 6) is -0.374. The summed E-state index contributed by atoms with van der Waals surface area (Å²) in [7, 11) is 0. The van der Waals surface area contributed by atoms with Crippen LogP contribution in [0.5, 0.6) is 0 Å². The molecule has 3 heteroatoms. The van der Waals surface area contributed by atoms with Gasteiger partial charge in [0.1, 0.15) is 0 Å². The molecule has 76 valence electrons. The Hall–Kier alpha value is -1.56. The van der Waals surface area contributed by atoms with Crippen LogP contribution in [-0.2, 0) is 9.53 Å². The molecule has 0 aliphatic carbocycles. The average molecular weight is 193 g/mol. The lowest BCUT2D eigenvalue weighted by molar-refractivity contribution is -0.139. The largest absolute Gasteiger partial charge is 0.462 e. The Labute approximate surface area is 84.7 Å². The first-order valence-electron chi connectivity index (χ1n) is 4.62. The maximum atomic E-state index is 11.2. The van der Waals surface area contributed by atoms with Crippen LogP contribution in [0.4, 0.5) is 0 Å². The highest BCUT2D eigenvalue weighted by atomic mass is 16.5. The van der Waals surface area contributed by atoms with Gasteiger partial charge in [0, 0.05) is 11.6 Å². The molecule has 0 saturated heterocycles. The average Bonchev–Trinajstić information content (AvgIpc) is 2.18. The predicted molar refractivity (Wildman–Crippen MR) is 54.4 cm³/mol. The van der Waals surface area contributed by atoms with E-state index in [1.165, 1.54) is 6.08 Å². The van der Waals surface area contributed by atoms with Crippen LogP contribution in [0.3, 0.4) is 0 Å². The van der Waals surface area contributed by atoms with Gasteiger partial charge in [0.15, 0.2) is 0 Å². The van der Waals surface area contributed by atoms with Crippen LogP contribution in [-0.4, -0.2) is 12.6 Å². The molecule has 3 nitrogen and oxygen atoms in total. The van der Waals surface area contributed by atoms with Crippen molar-refractivity contribution in [3.05, 3.63) is 24.3 Å². The Bertz CT molecular complexity index is 261. The first kappa shape index (κ1) is 12.4. The zero-order valence-corrected chi connectivity index (χ0v) is 8.45. The number of carbonyl (C=O) groups is 1. The van der Waals surface area contributed by atoms with E-state index >= 15 is 0 Å². The minimum absolute atomic E-state index is 0.374. The van der Waals surface area contributed by atoms with Crippen molar-refractivity contribution >= 4 is 5.97 Å². The lowest BCUT2D eigenvalue weighted by atomic mass is 10.2. The number of nitriles is 1. The molecule has 0 spiro atoms. The lowest BCUT2D eigenvalue weighted by Crippen LogP contribution is -2.07. The molecule has 0 radical (unpaired) electrons. The summed E-state index contributed by atoms with van der Waals surface area (Å²) in [6.07, 6.45) is 5.15. The molecule has 0 unspecified atom stereocenters. The number of allylic oxidation sites excluding steroid dienone is 2. The number of ether oxygens (including phenoxy) is 1. The second-order valence-electron chi connectivity index (χ2n) is 2.83. The molecule has 0 fully saturated rings. The number of esters is 1. The molecular weight excluding hydrogens is 178 g/mol. The molecule has 0 rings (SSSR count). The Balaban J connectivity index is 3.72. The van der Waals surface area contributed by atoms with Gasteiger partial charge in [-0.25, -0.2) is 4.79 Å². The van der Waals surface area contributed by atoms with Crippen molar-refractivity contribution in [2.45, 2.75) is 26.2 Å². The highest BCUT2D eigenvalue weighted by molar-refractivity contribution is 5.87. The van der Waals surface area contributed by atoms with E-state index in [0.717, 1.165) is 12.8 Å². The standard InChI is InChI=1S/C11H15NO2/c1-3-4-9-14-11(13)10(2)7-5-6-8-12/h5-6H,2-4,7,9H2,1H3. The van der Waals surface area contributed by atoms with Crippen LogP contribution < -0.4 is 0 Å². The molecular formula is C11H15NO2. The second-order valence-corrected chi connectivity index (χ2v) is 2.83.